The predicted octanol–water partition coefficient (Wildman–Crippen LogP) is 2.90. The zero-order valence-corrected chi connectivity index (χ0v) is 13.3. The molecule has 4 nitrogen and oxygen atoms in total. The second kappa shape index (κ2) is 6.58. The second-order valence-electron chi connectivity index (χ2n) is 5.67. The van der Waals surface area contributed by atoms with Gasteiger partial charge in [0.15, 0.2) is 0 Å². The first kappa shape index (κ1) is 16.6. The highest BCUT2D eigenvalue weighted by atomic mass is 32.2. The van der Waals surface area contributed by atoms with Crippen LogP contribution in [0.15, 0.2) is 36.7 Å². The molecule has 0 spiro atoms. The van der Waals surface area contributed by atoms with Crippen molar-refractivity contribution in [1.29, 1.82) is 0 Å². The number of aromatic nitrogens is 2. The molecular formula is C15H17F2N3OS. The van der Waals surface area contributed by atoms with Gasteiger partial charge in [0, 0.05) is 12.4 Å². The standard InChI is InChI=1S/C15H17F2N3OS/c1-15(2,3)22(21)20-14(12-10(16)6-4-8-18-12)13-11(17)7-5-9-19-13/h4-9,14,20H,1-3H3. The third kappa shape index (κ3) is 3.72. The average Bonchev–Trinajstić information content (AvgIpc) is 2.45. The van der Waals surface area contributed by atoms with Crippen molar-refractivity contribution >= 4 is 11.0 Å². The summed E-state index contributed by atoms with van der Waals surface area (Å²) >= 11 is 0. The van der Waals surface area contributed by atoms with Crippen LogP contribution < -0.4 is 4.72 Å². The molecule has 0 saturated carbocycles. The first-order valence-electron chi connectivity index (χ1n) is 6.69. The normalized spacial score (nSPS) is 13.4. The molecule has 0 aliphatic carbocycles. The van der Waals surface area contributed by atoms with Crippen LogP contribution in [0.1, 0.15) is 38.2 Å². The van der Waals surface area contributed by atoms with Gasteiger partial charge in [-0.1, -0.05) is 0 Å². The minimum absolute atomic E-state index is 0.0438. The monoisotopic (exact) mass is 325 g/mol. The van der Waals surface area contributed by atoms with Crippen molar-refractivity contribution in [3.63, 3.8) is 0 Å². The van der Waals surface area contributed by atoms with E-state index in [1.165, 1.54) is 36.7 Å². The molecule has 7 heteroatoms. The number of rotatable bonds is 4. The smallest absolute Gasteiger partial charge is 0.146 e. The summed E-state index contributed by atoms with van der Waals surface area (Å²) in [7, 11) is -1.55. The Kier molecular flexibility index (Phi) is 4.97. The third-order valence-electron chi connectivity index (χ3n) is 2.90. The van der Waals surface area contributed by atoms with Crippen molar-refractivity contribution in [2.75, 3.05) is 0 Å². The van der Waals surface area contributed by atoms with E-state index >= 15 is 0 Å². The quantitative estimate of drug-likeness (QED) is 0.940. The summed E-state index contributed by atoms with van der Waals surface area (Å²) in [5.74, 6) is -1.23. The van der Waals surface area contributed by atoms with Gasteiger partial charge in [0.1, 0.15) is 29.1 Å². The maximum Gasteiger partial charge on any atom is 0.146 e. The lowest BCUT2D eigenvalue weighted by Crippen LogP contribution is -2.37. The lowest BCUT2D eigenvalue weighted by molar-refractivity contribution is 0.536. The molecular weight excluding hydrogens is 308 g/mol. The molecule has 1 unspecified atom stereocenters. The molecule has 0 fully saturated rings. The molecule has 0 aliphatic rings. The van der Waals surface area contributed by atoms with Gasteiger partial charge in [-0.2, -0.15) is 0 Å². The zero-order valence-electron chi connectivity index (χ0n) is 12.5. The van der Waals surface area contributed by atoms with Crippen molar-refractivity contribution in [2.45, 2.75) is 31.6 Å². The highest BCUT2D eigenvalue weighted by Crippen LogP contribution is 2.25. The highest BCUT2D eigenvalue weighted by Gasteiger charge is 2.29. The Morgan fingerprint density at radius 3 is 1.86 bits per heavy atom. The number of nitrogens with zero attached hydrogens (tertiary/aromatic N) is 2. The second-order valence-corrected chi connectivity index (χ2v) is 7.67. The fourth-order valence-corrected chi connectivity index (χ4v) is 2.54. The van der Waals surface area contributed by atoms with Crippen LogP contribution in [0.3, 0.4) is 0 Å². The van der Waals surface area contributed by atoms with Crippen LogP contribution in [0.25, 0.3) is 0 Å². The van der Waals surface area contributed by atoms with Crippen molar-refractivity contribution in [2.24, 2.45) is 0 Å². The average molecular weight is 325 g/mol. The van der Waals surface area contributed by atoms with Crippen LogP contribution in [0, 0.1) is 11.6 Å². The van der Waals surface area contributed by atoms with Gasteiger partial charge in [0.05, 0.1) is 15.7 Å². The maximum absolute atomic E-state index is 14.1. The SMILES string of the molecule is CC(C)(C)S(=O)NC(c1ncccc1F)c1ncccc1F. The number of halogens is 2. The van der Waals surface area contributed by atoms with Gasteiger partial charge in [-0.15, -0.1) is 0 Å². The highest BCUT2D eigenvalue weighted by molar-refractivity contribution is 7.84. The lowest BCUT2D eigenvalue weighted by atomic mass is 10.1. The molecule has 2 rings (SSSR count). The van der Waals surface area contributed by atoms with E-state index in [9.17, 15) is 13.0 Å². The van der Waals surface area contributed by atoms with E-state index in [0.29, 0.717) is 0 Å². The van der Waals surface area contributed by atoms with E-state index in [4.69, 9.17) is 0 Å². The molecule has 0 amide bonds. The third-order valence-corrected chi connectivity index (χ3v) is 4.46. The largest absolute Gasteiger partial charge is 0.256 e. The van der Waals surface area contributed by atoms with E-state index in [1.807, 2.05) is 0 Å². The van der Waals surface area contributed by atoms with Crippen molar-refractivity contribution in [3.8, 4) is 0 Å². The molecule has 2 heterocycles. The summed E-state index contributed by atoms with van der Waals surface area (Å²) in [5.41, 5.74) is -0.0876. The van der Waals surface area contributed by atoms with Crippen LogP contribution >= 0.6 is 0 Å². The van der Waals surface area contributed by atoms with Gasteiger partial charge in [0.2, 0.25) is 0 Å². The van der Waals surface area contributed by atoms with E-state index in [0.717, 1.165) is 0 Å². The molecule has 1 atom stereocenters. The fourth-order valence-electron chi connectivity index (χ4n) is 1.75. The number of pyridine rings is 2. The van der Waals surface area contributed by atoms with Gasteiger partial charge in [0.25, 0.3) is 0 Å². The van der Waals surface area contributed by atoms with E-state index in [1.54, 1.807) is 20.8 Å². The fraction of sp³-hybridized carbons (Fsp3) is 0.333. The van der Waals surface area contributed by atoms with Crippen molar-refractivity contribution in [3.05, 3.63) is 59.7 Å². The Morgan fingerprint density at radius 2 is 1.50 bits per heavy atom. The first-order chi connectivity index (χ1) is 10.3. The minimum atomic E-state index is -1.55. The molecule has 0 saturated heterocycles. The summed E-state index contributed by atoms with van der Waals surface area (Å²) in [4.78, 5) is 7.91. The Bertz CT molecular complexity index is 643. The molecule has 1 N–H and O–H groups in total. The van der Waals surface area contributed by atoms with Gasteiger partial charge in [-0.3, -0.25) is 9.97 Å². The Balaban J connectivity index is 2.49. The van der Waals surface area contributed by atoms with Crippen LogP contribution in [-0.2, 0) is 11.0 Å². The molecule has 0 bridgehead atoms. The van der Waals surface area contributed by atoms with Crippen molar-refractivity contribution < 1.29 is 13.0 Å². The molecule has 2 aromatic rings. The molecule has 22 heavy (non-hydrogen) atoms. The number of hydrogen-bond donors (Lipinski definition) is 1. The van der Waals surface area contributed by atoms with Gasteiger partial charge >= 0.3 is 0 Å². The van der Waals surface area contributed by atoms with Gasteiger partial charge in [-0.05, 0) is 45.0 Å². The van der Waals surface area contributed by atoms with Gasteiger partial charge < -0.3 is 0 Å². The van der Waals surface area contributed by atoms with Crippen LogP contribution in [0.2, 0.25) is 0 Å². The molecule has 2 aromatic heterocycles. The number of nitrogens with one attached hydrogen (secondary N) is 1. The van der Waals surface area contributed by atoms with Crippen LogP contribution in [-0.4, -0.2) is 18.9 Å². The maximum atomic E-state index is 14.1. The zero-order chi connectivity index (χ0) is 16.3. The molecule has 0 radical (unpaired) electrons. The predicted molar refractivity (Wildman–Crippen MR) is 81.3 cm³/mol. The summed E-state index contributed by atoms with van der Waals surface area (Å²) < 4.78 is 42.6. The van der Waals surface area contributed by atoms with E-state index in [-0.39, 0.29) is 11.4 Å². The van der Waals surface area contributed by atoms with E-state index in [2.05, 4.69) is 14.7 Å². The lowest BCUT2D eigenvalue weighted by Gasteiger charge is -2.24. The topological polar surface area (TPSA) is 54.9 Å². The van der Waals surface area contributed by atoms with Gasteiger partial charge in [-0.25, -0.2) is 17.7 Å². The van der Waals surface area contributed by atoms with Crippen LogP contribution in [0.5, 0.6) is 0 Å². The summed E-state index contributed by atoms with van der Waals surface area (Å²) in [6, 6.07) is 4.27. The molecule has 0 aromatic carbocycles. The van der Waals surface area contributed by atoms with Crippen LogP contribution in [0.4, 0.5) is 8.78 Å². The van der Waals surface area contributed by atoms with E-state index < -0.39 is 33.4 Å². The minimum Gasteiger partial charge on any atom is -0.256 e. The molecule has 118 valence electrons. The summed E-state index contributed by atoms with van der Waals surface area (Å²) in [5, 5.41) is 0. The number of hydrogen-bond acceptors (Lipinski definition) is 3. The Morgan fingerprint density at radius 1 is 1.05 bits per heavy atom. The first-order valence-corrected chi connectivity index (χ1v) is 7.84. The summed E-state index contributed by atoms with van der Waals surface area (Å²) in [6.45, 7) is 5.28. The van der Waals surface area contributed by atoms with Crippen molar-refractivity contribution in [1.82, 2.24) is 14.7 Å². The Hall–Kier alpha value is -1.73. The molecule has 0 aliphatic heterocycles. The Labute approximate surface area is 130 Å². The summed E-state index contributed by atoms with van der Waals surface area (Å²) in [6.07, 6.45) is 2.79.